The van der Waals surface area contributed by atoms with E-state index in [2.05, 4.69) is 72.8 Å². The lowest BCUT2D eigenvalue weighted by Gasteiger charge is -2.26. The van der Waals surface area contributed by atoms with Gasteiger partial charge in [0.05, 0.1) is 18.5 Å². The van der Waals surface area contributed by atoms with Gasteiger partial charge in [-0.25, -0.2) is 0 Å². The maximum Gasteiger partial charge on any atom is 0.320 e. The number of fused-ring (bicyclic) bond motifs is 8. The highest BCUT2D eigenvalue weighted by Crippen LogP contribution is 2.42. The Morgan fingerprint density at radius 3 is 2.42 bits per heavy atom. The smallest absolute Gasteiger partial charge is 0.320 e. The number of methoxy groups -OCH3 is 1. The molecule has 3 aromatic rings. The summed E-state index contributed by atoms with van der Waals surface area (Å²) >= 11 is 0. The van der Waals surface area contributed by atoms with Gasteiger partial charge in [0.15, 0.2) is 0 Å². The zero-order valence-electron chi connectivity index (χ0n) is 25.7. The van der Waals surface area contributed by atoms with E-state index in [0.29, 0.717) is 18.1 Å². The first-order valence-corrected chi connectivity index (χ1v) is 15.1. The van der Waals surface area contributed by atoms with Gasteiger partial charge in [-0.15, -0.1) is 0 Å². The number of aromatic amines is 3. The molecule has 1 fully saturated rings. The van der Waals surface area contributed by atoms with Crippen LogP contribution < -0.4 is 26.6 Å². The summed E-state index contributed by atoms with van der Waals surface area (Å²) in [5.41, 5.74) is 9.95. The number of hydrogen-bond acceptors (Lipinski definition) is 5. The molecular weight excluding hydrogens is 540 g/mol. The molecule has 0 amide bonds. The molecule has 8 bridgehead atoms. The number of nitrogens with one attached hydrogen (secondary N) is 4. The Hall–Kier alpha value is -4.46. The van der Waals surface area contributed by atoms with E-state index < -0.39 is 11.9 Å². The molecule has 3 aromatic heterocycles. The van der Waals surface area contributed by atoms with E-state index in [0.717, 1.165) is 73.8 Å². The van der Waals surface area contributed by atoms with Crippen molar-refractivity contribution in [1.82, 2.24) is 20.3 Å². The molecule has 3 aliphatic rings. The average Bonchev–Trinajstić information content (AvgIpc) is 3.72. The molecule has 5 N–H and O–H groups in total. The van der Waals surface area contributed by atoms with Gasteiger partial charge in [-0.3, -0.25) is 4.79 Å². The number of rotatable bonds is 6. The highest BCUT2D eigenvalue weighted by molar-refractivity contribution is 5.95. The van der Waals surface area contributed by atoms with E-state index in [1.807, 2.05) is 13.0 Å². The maximum absolute atomic E-state index is 13.3. The minimum atomic E-state index is -0.938. The molecule has 0 aromatic carbocycles. The quantitative estimate of drug-likeness (QED) is 0.227. The summed E-state index contributed by atoms with van der Waals surface area (Å²) in [4.78, 5) is 35.7. The number of aliphatic hydroxyl groups excluding tert-OH is 1. The van der Waals surface area contributed by atoms with Gasteiger partial charge in [0.1, 0.15) is 18.0 Å². The van der Waals surface area contributed by atoms with Gasteiger partial charge in [-0.2, -0.15) is 0 Å². The second kappa shape index (κ2) is 10.7. The minimum absolute atomic E-state index is 0.000249. The molecule has 1 saturated heterocycles. The highest BCUT2D eigenvalue weighted by Gasteiger charge is 2.46. The lowest BCUT2D eigenvalue weighted by atomic mass is 9.80. The Balaban J connectivity index is 1.74. The largest absolute Gasteiger partial charge is 0.510 e. The molecule has 4 atom stereocenters. The van der Waals surface area contributed by atoms with Gasteiger partial charge in [-0.05, 0) is 85.6 Å². The first-order valence-electron chi connectivity index (χ1n) is 15.1. The third kappa shape index (κ3) is 4.26. The normalized spacial score (nSPS) is 24.8. The van der Waals surface area contributed by atoms with Crippen molar-refractivity contribution in [3.63, 3.8) is 0 Å². The van der Waals surface area contributed by atoms with Crippen LogP contribution in [0.15, 0.2) is 12.3 Å². The van der Waals surface area contributed by atoms with Crippen molar-refractivity contribution in [1.29, 1.82) is 0 Å². The summed E-state index contributed by atoms with van der Waals surface area (Å²) in [5.74, 6) is -1.38. The fraction of sp³-hybridized carbons (Fsp3) is 0.371. The van der Waals surface area contributed by atoms with Crippen LogP contribution in [0.5, 0.6) is 0 Å². The molecule has 0 radical (unpaired) electrons. The van der Waals surface area contributed by atoms with Crippen LogP contribution in [0.4, 0.5) is 0 Å². The molecule has 0 spiro atoms. The number of aromatic nitrogens is 3. The molecule has 0 saturated carbocycles. The van der Waals surface area contributed by atoms with Crippen LogP contribution in [-0.2, 0) is 20.7 Å². The third-order valence-corrected chi connectivity index (χ3v) is 9.94. The number of H-pyrrole nitrogens is 3. The van der Waals surface area contributed by atoms with Gasteiger partial charge < -0.3 is 34.9 Å². The van der Waals surface area contributed by atoms with Crippen LogP contribution in [0.3, 0.4) is 0 Å². The fourth-order valence-corrected chi connectivity index (χ4v) is 7.54. The number of aliphatic hydroxyl groups is 1. The van der Waals surface area contributed by atoms with Crippen molar-refractivity contribution >= 4 is 47.9 Å². The summed E-state index contributed by atoms with van der Waals surface area (Å²) < 4.78 is 5.23. The number of allylic oxidation sites excluding steroid dienone is 1. The first-order chi connectivity index (χ1) is 20.6. The van der Waals surface area contributed by atoms with Crippen LogP contribution in [0.2, 0.25) is 0 Å². The molecule has 224 valence electrons. The number of hydrogen-bond donors (Lipinski definition) is 5. The predicted octanol–water partition coefficient (Wildman–Crippen LogP) is 2.64. The molecule has 1 unspecified atom stereocenters. The molecule has 43 heavy (non-hydrogen) atoms. The standard InChI is InChI=1S/C35H40N4O4/c1-8-20-16(3)23-13-25-18(5)22(11-10-12-40)32(38-25)30-31(35(42)43-7)34(41)29-19(6)26(39-33(29)30)15-28-21(9-2)17(4)24(37-28)14-27(20)36-23/h8,12-15,18,22,31-32,36-39,41H,1,9-11H2,2-7H3/b24-14-,25-13-,28-15-/t18-,22-,31+,32?/m0/s1. The summed E-state index contributed by atoms with van der Waals surface area (Å²) in [5, 5.41) is 18.8. The lowest BCUT2D eigenvalue weighted by molar-refractivity contribution is -0.142. The van der Waals surface area contributed by atoms with Crippen LogP contribution in [-0.4, -0.2) is 45.5 Å². The Kier molecular flexibility index (Phi) is 7.11. The second-order valence-electron chi connectivity index (χ2n) is 12.0. The molecule has 8 nitrogen and oxygen atoms in total. The molecular formula is C35H40N4O4. The number of esters is 1. The van der Waals surface area contributed by atoms with Crippen LogP contribution >= 0.6 is 0 Å². The zero-order valence-corrected chi connectivity index (χ0v) is 25.7. The van der Waals surface area contributed by atoms with E-state index in [9.17, 15) is 14.7 Å². The molecule has 2 aliphatic heterocycles. The number of carbonyl (C=O) groups is 2. The Bertz CT molecular complexity index is 1970. The van der Waals surface area contributed by atoms with Crippen molar-refractivity contribution in [2.45, 2.75) is 59.9 Å². The van der Waals surface area contributed by atoms with Crippen molar-refractivity contribution in [3.05, 3.63) is 78.4 Å². The van der Waals surface area contributed by atoms with Gasteiger partial charge in [0, 0.05) is 56.6 Å². The van der Waals surface area contributed by atoms with Crippen molar-refractivity contribution in [2.24, 2.45) is 17.8 Å². The van der Waals surface area contributed by atoms with Gasteiger partial charge in [-0.1, -0.05) is 26.5 Å². The van der Waals surface area contributed by atoms with Crippen LogP contribution in [0.25, 0.3) is 35.6 Å². The Labute approximate surface area is 250 Å². The first kappa shape index (κ1) is 28.6. The second-order valence-corrected chi connectivity index (χ2v) is 12.0. The highest BCUT2D eigenvalue weighted by atomic mass is 16.5. The SMILES string of the molecule is C=Cc1c2[nH]c(c1C)/C=C1\NC(C3=c4[nH]c(c(C)c4=C(O)[C@@H]3C(=O)OC)/C=c3\[nH]/c(c(C)c3CC)=C\2)[C@@H](CCC=O)[C@@H]1C. The van der Waals surface area contributed by atoms with Gasteiger partial charge >= 0.3 is 5.97 Å². The van der Waals surface area contributed by atoms with Crippen molar-refractivity contribution < 1.29 is 19.4 Å². The van der Waals surface area contributed by atoms with Crippen molar-refractivity contribution in [3.8, 4) is 0 Å². The molecule has 5 heterocycles. The van der Waals surface area contributed by atoms with E-state index >= 15 is 0 Å². The summed E-state index contributed by atoms with van der Waals surface area (Å²) in [6.45, 7) is 14.6. The van der Waals surface area contributed by atoms with E-state index in [1.165, 1.54) is 18.2 Å². The van der Waals surface area contributed by atoms with E-state index in [-0.39, 0.29) is 23.6 Å². The minimum Gasteiger partial charge on any atom is -0.510 e. The third-order valence-electron chi connectivity index (χ3n) is 9.94. The average molecular weight is 581 g/mol. The number of aldehydes is 1. The Morgan fingerprint density at radius 1 is 1.02 bits per heavy atom. The molecule has 1 aliphatic carbocycles. The van der Waals surface area contributed by atoms with E-state index in [1.54, 1.807) is 0 Å². The topological polar surface area (TPSA) is 123 Å². The maximum atomic E-state index is 13.3. The van der Waals surface area contributed by atoms with Gasteiger partial charge in [0.2, 0.25) is 0 Å². The fourth-order valence-electron chi connectivity index (χ4n) is 7.54. The van der Waals surface area contributed by atoms with Crippen molar-refractivity contribution in [2.75, 3.05) is 7.11 Å². The molecule has 6 rings (SSSR count). The zero-order chi connectivity index (χ0) is 30.7. The Morgan fingerprint density at radius 2 is 1.74 bits per heavy atom. The van der Waals surface area contributed by atoms with Crippen LogP contribution in [0, 0.1) is 38.5 Å². The monoisotopic (exact) mass is 580 g/mol. The molecule has 8 heteroatoms. The van der Waals surface area contributed by atoms with Gasteiger partial charge in [0.25, 0.3) is 0 Å². The summed E-state index contributed by atoms with van der Waals surface area (Å²) in [6, 6.07) is -0.307. The summed E-state index contributed by atoms with van der Waals surface area (Å²) in [7, 11) is 1.35. The number of carbonyl (C=O) groups excluding carboxylic acids is 2. The summed E-state index contributed by atoms with van der Waals surface area (Å²) in [6.07, 6.45) is 11.1. The lowest BCUT2D eigenvalue weighted by Crippen LogP contribution is -2.37. The van der Waals surface area contributed by atoms with E-state index in [4.69, 9.17) is 4.74 Å². The van der Waals surface area contributed by atoms with Crippen LogP contribution in [0.1, 0.15) is 71.6 Å². The number of ether oxygens (including phenoxy) is 1. The predicted molar refractivity (Wildman–Crippen MR) is 169 cm³/mol.